The monoisotopic (exact) mass is 165 g/mol. The lowest BCUT2D eigenvalue weighted by Crippen LogP contribution is -1.91. The predicted octanol–water partition coefficient (Wildman–Crippen LogP) is 3.38. The molecule has 1 fully saturated rings. The van der Waals surface area contributed by atoms with Crippen molar-refractivity contribution in [2.45, 2.75) is 33.1 Å². The first-order valence-corrected chi connectivity index (χ1v) is 4.66. The molecule has 68 valence electrons. The minimum Gasteiger partial charge on any atom is -0.293 e. The number of hydrogen-bond acceptors (Lipinski definition) is 1. The summed E-state index contributed by atoms with van der Waals surface area (Å²) in [6.45, 7) is 7.66. The highest BCUT2D eigenvalue weighted by atomic mass is 14.7. The topological polar surface area (TPSA) is 12.4 Å². The Bertz CT molecular complexity index is 187. The summed E-state index contributed by atoms with van der Waals surface area (Å²) in [6.07, 6.45) is 7.49. The van der Waals surface area contributed by atoms with E-state index in [4.69, 9.17) is 0 Å². The minimum atomic E-state index is 1.15. The summed E-state index contributed by atoms with van der Waals surface area (Å²) in [7, 11) is 1.86. The van der Waals surface area contributed by atoms with E-state index in [9.17, 15) is 0 Å². The van der Waals surface area contributed by atoms with Crippen LogP contribution in [0.4, 0.5) is 0 Å². The van der Waals surface area contributed by atoms with Gasteiger partial charge in [-0.1, -0.05) is 32.6 Å². The highest BCUT2D eigenvalue weighted by Gasteiger charge is 2.12. The molecule has 0 unspecified atom stereocenters. The van der Waals surface area contributed by atoms with Crippen molar-refractivity contribution < 1.29 is 0 Å². The van der Waals surface area contributed by atoms with Crippen molar-refractivity contribution in [1.29, 1.82) is 0 Å². The van der Waals surface area contributed by atoms with E-state index >= 15 is 0 Å². The summed E-state index contributed by atoms with van der Waals surface area (Å²) in [5.74, 6) is 0. The van der Waals surface area contributed by atoms with E-state index in [0.717, 1.165) is 6.42 Å². The normalized spacial score (nSPS) is 22.2. The zero-order chi connectivity index (χ0) is 9.40. The molecule has 0 heterocycles. The van der Waals surface area contributed by atoms with Crippen molar-refractivity contribution in [3.63, 3.8) is 0 Å². The summed E-state index contributed by atoms with van der Waals surface area (Å²) < 4.78 is 0. The maximum Gasteiger partial charge on any atom is 0.0376 e. The van der Waals surface area contributed by atoms with Crippen LogP contribution in [-0.4, -0.2) is 12.8 Å². The highest BCUT2D eigenvalue weighted by molar-refractivity contribution is 6.02. The van der Waals surface area contributed by atoms with E-state index in [1.807, 2.05) is 27.0 Å². The lowest BCUT2D eigenvalue weighted by atomic mass is 10.2. The Morgan fingerprint density at radius 1 is 1.33 bits per heavy atom. The Kier molecular flexibility index (Phi) is 6.35. The molecule has 1 aliphatic carbocycles. The Morgan fingerprint density at radius 2 is 2.00 bits per heavy atom. The molecule has 1 nitrogen and oxygen atoms in total. The fourth-order valence-electron chi connectivity index (χ4n) is 1.33. The fraction of sp³-hybridized carbons (Fsp3) is 0.545. The number of rotatable bonds is 1. The van der Waals surface area contributed by atoms with Gasteiger partial charge in [0.25, 0.3) is 0 Å². The van der Waals surface area contributed by atoms with Gasteiger partial charge in [-0.25, -0.2) is 0 Å². The van der Waals surface area contributed by atoms with Crippen LogP contribution in [0.5, 0.6) is 0 Å². The third-order valence-electron chi connectivity index (χ3n) is 1.82. The van der Waals surface area contributed by atoms with Gasteiger partial charge in [-0.3, -0.25) is 4.99 Å². The second-order valence-corrected chi connectivity index (χ2v) is 2.45. The van der Waals surface area contributed by atoms with E-state index in [1.54, 1.807) is 0 Å². The summed E-state index contributed by atoms with van der Waals surface area (Å²) in [4.78, 5) is 4.19. The molecule has 1 rings (SSSR count). The molecule has 0 saturated heterocycles. The van der Waals surface area contributed by atoms with Crippen molar-refractivity contribution in [3.8, 4) is 0 Å². The number of allylic oxidation sites excluding steroid dienone is 3. The maximum absolute atomic E-state index is 4.19. The van der Waals surface area contributed by atoms with Gasteiger partial charge >= 0.3 is 0 Å². The third kappa shape index (κ3) is 3.04. The van der Waals surface area contributed by atoms with Gasteiger partial charge in [-0.05, 0) is 24.8 Å². The van der Waals surface area contributed by atoms with Crippen LogP contribution >= 0.6 is 0 Å². The molecule has 12 heavy (non-hydrogen) atoms. The SMILES string of the molecule is C=C/C=C1/CCCC1=NC.CC. The van der Waals surface area contributed by atoms with Crippen LogP contribution in [0.1, 0.15) is 33.1 Å². The Labute approximate surface area is 75.9 Å². The molecule has 1 saturated carbocycles. The lowest BCUT2D eigenvalue weighted by molar-refractivity contribution is 0.946. The summed E-state index contributed by atoms with van der Waals surface area (Å²) >= 11 is 0. The third-order valence-corrected chi connectivity index (χ3v) is 1.82. The van der Waals surface area contributed by atoms with Crippen molar-refractivity contribution in [3.05, 3.63) is 24.3 Å². The Morgan fingerprint density at radius 3 is 2.50 bits per heavy atom. The van der Waals surface area contributed by atoms with Crippen molar-refractivity contribution in [2.75, 3.05) is 7.05 Å². The second kappa shape index (κ2) is 6.84. The number of nitrogens with zero attached hydrogens (tertiary/aromatic N) is 1. The van der Waals surface area contributed by atoms with Gasteiger partial charge in [0.05, 0.1) is 0 Å². The molecule has 0 aromatic heterocycles. The van der Waals surface area contributed by atoms with Gasteiger partial charge < -0.3 is 0 Å². The first-order chi connectivity index (χ1) is 5.88. The second-order valence-electron chi connectivity index (χ2n) is 2.45. The van der Waals surface area contributed by atoms with Crippen LogP contribution in [-0.2, 0) is 0 Å². The van der Waals surface area contributed by atoms with Crippen molar-refractivity contribution in [2.24, 2.45) is 4.99 Å². The summed E-state index contributed by atoms with van der Waals surface area (Å²) in [6, 6.07) is 0. The molecule has 0 spiro atoms. The van der Waals surface area contributed by atoms with Crippen LogP contribution in [0.15, 0.2) is 29.3 Å². The zero-order valence-electron chi connectivity index (χ0n) is 8.43. The predicted molar refractivity (Wildman–Crippen MR) is 56.8 cm³/mol. The molecular weight excluding hydrogens is 146 g/mol. The largest absolute Gasteiger partial charge is 0.293 e. The first-order valence-electron chi connectivity index (χ1n) is 4.66. The molecule has 1 aliphatic rings. The molecule has 0 atom stereocenters. The van der Waals surface area contributed by atoms with E-state index < -0.39 is 0 Å². The zero-order valence-corrected chi connectivity index (χ0v) is 8.43. The van der Waals surface area contributed by atoms with Crippen LogP contribution in [0.25, 0.3) is 0 Å². The molecule has 0 aliphatic heterocycles. The van der Waals surface area contributed by atoms with E-state index in [-0.39, 0.29) is 0 Å². The highest BCUT2D eigenvalue weighted by Crippen LogP contribution is 2.21. The lowest BCUT2D eigenvalue weighted by Gasteiger charge is -1.94. The van der Waals surface area contributed by atoms with Crippen LogP contribution in [0.3, 0.4) is 0 Å². The van der Waals surface area contributed by atoms with Gasteiger partial charge in [0.1, 0.15) is 0 Å². The van der Waals surface area contributed by atoms with E-state index in [1.165, 1.54) is 24.1 Å². The Hall–Kier alpha value is -0.850. The average molecular weight is 165 g/mol. The smallest absolute Gasteiger partial charge is 0.0376 e. The Balaban J connectivity index is 0.000000561. The number of aliphatic imine (C=N–C) groups is 1. The fourth-order valence-corrected chi connectivity index (χ4v) is 1.33. The van der Waals surface area contributed by atoms with E-state index in [2.05, 4.69) is 17.6 Å². The van der Waals surface area contributed by atoms with Gasteiger partial charge in [-0.2, -0.15) is 0 Å². The standard InChI is InChI=1S/C9H13N.C2H6/c1-3-5-8-6-4-7-9(8)10-2;1-2/h3,5H,1,4,6-7H2,2H3;1-2H3/b8-5-,10-9?;. The molecule has 0 radical (unpaired) electrons. The summed E-state index contributed by atoms with van der Waals surface area (Å²) in [5.41, 5.74) is 2.64. The molecule has 0 amide bonds. The first kappa shape index (κ1) is 11.2. The van der Waals surface area contributed by atoms with Gasteiger partial charge in [-0.15, -0.1) is 0 Å². The van der Waals surface area contributed by atoms with Gasteiger partial charge in [0, 0.05) is 12.8 Å². The maximum atomic E-state index is 4.19. The van der Waals surface area contributed by atoms with Crippen molar-refractivity contribution in [1.82, 2.24) is 0 Å². The van der Waals surface area contributed by atoms with Crippen LogP contribution in [0.2, 0.25) is 0 Å². The number of hydrogen-bond donors (Lipinski definition) is 0. The molecule has 0 N–H and O–H groups in total. The van der Waals surface area contributed by atoms with Crippen molar-refractivity contribution >= 4 is 5.71 Å². The molecule has 0 aromatic carbocycles. The molecule has 0 bridgehead atoms. The van der Waals surface area contributed by atoms with Crippen LogP contribution < -0.4 is 0 Å². The van der Waals surface area contributed by atoms with Gasteiger partial charge in [0.2, 0.25) is 0 Å². The average Bonchev–Trinajstić information content (AvgIpc) is 2.56. The minimum absolute atomic E-state index is 1.15. The van der Waals surface area contributed by atoms with Crippen LogP contribution in [0, 0.1) is 0 Å². The molecule has 1 heteroatoms. The molecular formula is C11H19N. The quantitative estimate of drug-likeness (QED) is 0.565. The molecule has 0 aromatic rings. The van der Waals surface area contributed by atoms with E-state index in [0.29, 0.717) is 0 Å². The summed E-state index contributed by atoms with van der Waals surface area (Å²) in [5, 5.41) is 0. The van der Waals surface area contributed by atoms with Gasteiger partial charge in [0.15, 0.2) is 0 Å².